The fourth-order valence-corrected chi connectivity index (χ4v) is 3.82. The van der Waals surface area contributed by atoms with Crippen LogP contribution in [0.25, 0.3) is 33.2 Å². The fraction of sp³-hybridized carbons (Fsp3) is 0.0833. The van der Waals surface area contributed by atoms with Crippen molar-refractivity contribution in [2.24, 2.45) is 5.73 Å². The maximum absolute atomic E-state index is 12.2. The van der Waals surface area contributed by atoms with Crippen molar-refractivity contribution in [2.45, 2.75) is 13.8 Å². The molecule has 0 aliphatic carbocycles. The Hall–Kier alpha value is -3.86. The van der Waals surface area contributed by atoms with Crippen LogP contribution in [0.3, 0.4) is 0 Å². The molecule has 1 aromatic heterocycles. The van der Waals surface area contributed by atoms with Crippen LogP contribution in [0.1, 0.15) is 21.5 Å². The summed E-state index contributed by atoms with van der Waals surface area (Å²) >= 11 is 0. The Morgan fingerprint density at radius 3 is 2.52 bits per heavy atom. The standard InChI is InChI=1S/C24H21N3O2/c1-13-7-8-21(28)14(2)22(13)18-11-15(12-19(23(18)25)24(26)29)16-9-10-27-20-6-4-3-5-17(16)20/h3-12,28H,25H2,1-2H3,(H2,26,29). The van der Waals surface area contributed by atoms with Crippen LogP contribution in [0.4, 0.5) is 5.69 Å². The van der Waals surface area contributed by atoms with Crippen molar-refractivity contribution in [2.75, 3.05) is 5.73 Å². The zero-order valence-electron chi connectivity index (χ0n) is 16.2. The predicted octanol–water partition coefficient (Wildman–Crippen LogP) is 4.57. The molecule has 0 saturated carbocycles. The molecule has 1 amide bonds. The Morgan fingerprint density at radius 1 is 1.00 bits per heavy atom. The number of nitrogens with two attached hydrogens (primary N) is 2. The molecule has 4 aromatic rings. The van der Waals surface area contributed by atoms with Crippen molar-refractivity contribution in [1.82, 2.24) is 4.98 Å². The Labute approximate surface area is 168 Å². The lowest BCUT2D eigenvalue weighted by Crippen LogP contribution is -2.14. The lowest BCUT2D eigenvalue weighted by Gasteiger charge is -2.18. The SMILES string of the molecule is Cc1ccc(O)c(C)c1-c1cc(-c2ccnc3ccccc23)cc(C(N)=O)c1N. The number of anilines is 1. The third-order valence-corrected chi connectivity index (χ3v) is 5.32. The molecule has 0 aliphatic rings. The number of rotatable bonds is 3. The minimum Gasteiger partial charge on any atom is -0.508 e. The number of fused-ring (bicyclic) bond motifs is 1. The summed E-state index contributed by atoms with van der Waals surface area (Å²) in [4.78, 5) is 16.6. The highest BCUT2D eigenvalue weighted by Gasteiger charge is 2.19. The molecular formula is C24H21N3O2. The van der Waals surface area contributed by atoms with E-state index in [1.165, 1.54) is 0 Å². The largest absolute Gasteiger partial charge is 0.508 e. The van der Waals surface area contributed by atoms with Crippen molar-refractivity contribution in [3.8, 4) is 28.0 Å². The number of hydrogen-bond donors (Lipinski definition) is 3. The molecule has 4 rings (SSSR count). The third-order valence-electron chi connectivity index (χ3n) is 5.32. The molecule has 0 aliphatic heterocycles. The van der Waals surface area contributed by atoms with Gasteiger partial charge in [-0.25, -0.2) is 0 Å². The second-order valence-electron chi connectivity index (χ2n) is 7.13. The average molecular weight is 383 g/mol. The number of pyridine rings is 1. The highest BCUT2D eigenvalue weighted by atomic mass is 16.3. The van der Waals surface area contributed by atoms with Crippen molar-refractivity contribution in [1.29, 1.82) is 0 Å². The van der Waals surface area contributed by atoms with Gasteiger partial charge in [0.15, 0.2) is 0 Å². The number of phenols is 1. The van der Waals surface area contributed by atoms with E-state index in [9.17, 15) is 9.90 Å². The second-order valence-corrected chi connectivity index (χ2v) is 7.13. The number of carbonyl (C=O) groups is 1. The van der Waals surface area contributed by atoms with Crippen LogP contribution in [0.15, 0.2) is 60.8 Å². The highest BCUT2D eigenvalue weighted by Crippen LogP contribution is 2.40. The van der Waals surface area contributed by atoms with E-state index in [1.54, 1.807) is 18.3 Å². The number of aromatic hydroxyl groups is 1. The number of amides is 1. The van der Waals surface area contributed by atoms with E-state index in [-0.39, 0.29) is 11.3 Å². The number of benzene rings is 3. The molecule has 0 bridgehead atoms. The van der Waals surface area contributed by atoms with Gasteiger partial charge in [-0.3, -0.25) is 9.78 Å². The number of primary amides is 1. The van der Waals surface area contributed by atoms with Gasteiger partial charge in [0.2, 0.25) is 0 Å². The molecule has 0 atom stereocenters. The first-order valence-corrected chi connectivity index (χ1v) is 9.25. The average Bonchev–Trinajstić information content (AvgIpc) is 2.71. The first kappa shape index (κ1) is 18.5. The quantitative estimate of drug-likeness (QED) is 0.451. The van der Waals surface area contributed by atoms with Gasteiger partial charge >= 0.3 is 0 Å². The van der Waals surface area contributed by atoms with E-state index in [1.807, 2.05) is 56.3 Å². The van der Waals surface area contributed by atoms with Gasteiger partial charge in [0.05, 0.1) is 16.8 Å². The molecular weight excluding hydrogens is 362 g/mol. The Kier molecular flexibility index (Phi) is 4.43. The van der Waals surface area contributed by atoms with Crippen LogP contribution in [0.5, 0.6) is 5.75 Å². The fourth-order valence-electron chi connectivity index (χ4n) is 3.82. The highest BCUT2D eigenvalue weighted by molar-refractivity contribution is 6.05. The van der Waals surface area contributed by atoms with Gasteiger partial charge in [0.1, 0.15) is 5.75 Å². The molecule has 5 heteroatoms. The van der Waals surface area contributed by atoms with Gasteiger partial charge in [-0.05, 0) is 72.0 Å². The summed E-state index contributed by atoms with van der Waals surface area (Å²) in [6.45, 7) is 3.77. The lowest BCUT2D eigenvalue weighted by molar-refractivity contribution is 0.100. The molecule has 0 spiro atoms. The first-order valence-electron chi connectivity index (χ1n) is 9.25. The van der Waals surface area contributed by atoms with Gasteiger partial charge in [0, 0.05) is 17.1 Å². The first-order chi connectivity index (χ1) is 13.9. The predicted molar refractivity (Wildman–Crippen MR) is 117 cm³/mol. The molecule has 0 saturated heterocycles. The van der Waals surface area contributed by atoms with Crippen molar-refractivity contribution >= 4 is 22.5 Å². The molecule has 0 unspecified atom stereocenters. The minimum atomic E-state index is -0.598. The van der Waals surface area contributed by atoms with Crippen LogP contribution in [-0.4, -0.2) is 16.0 Å². The van der Waals surface area contributed by atoms with E-state index in [4.69, 9.17) is 11.5 Å². The maximum Gasteiger partial charge on any atom is 0.250 e. The summed E-state index contributed by atoms with van der Waals surface area (Å²) in [7, 11) is 0. The molecule has 0 fully saturated rings. The number of para-hydroxylation sites is 1. The van der Waals surface area contributed by atoms with E-state index < -0.39 is 5.91 Å². The Morgan fingerprint density at radius 2 is 1.76 bits per heavy atom. The summed E-state index contributed by atoms with van der Waals surface area (Å²) in [6, 6.07) is 16.9. The third kappa shape index (κ3) is 3.06. The normalized spacial score (nSPS) is 11.0. The number of aryl methyl sites for hydroxylation is 1. The molecule has 144 valence electrons. The Bertz CT molecular complexity index is 1270. The van der Waals surface area contributed by atoms with Gasteiger partial charge < -0.3 is 16.6 Å². The summed E-state index contributed by atoms with van der Waals surface area (Å²) in [5.41, 5.74) is 18.3. The van der Waals surface area contributed by atoms with E-state index >= 15 is 0 Å². The number of phenolic OH excluding ortho intramolecular Hbond substituents is 1. The van der Waals surface area contributed by atoms with E-state index in [2.05, 4.69) is 4.98 Å². The molecule has 29 heavy (non-hydrogen) atoms. The van der Waals surface area contributed by atoms with Gasteiger partial charge in [-0.2, -0.15) is 0 Å². The van der Waals surface area contributed by atoms with Crippen LogP contribution >= 0.6 is 0 Å². The van der Waals surface area contributed by atoms with Crippen molar-refractivity contribution in [3.05, 3.63) is 77.5 Å². The summed E-state index contributed by atoms with van der Waals surface area (Å²) in [5, 5.41) is 11.2. The number of hydrogen-bond acceptors (Lipinski definition) is 4. The maximum atomic E-state index is 12.2. The topological polar surface area (TPSA) is 102 Å². The van der Waals surface area contributed by atoms with Crippen LogP contribution < -0.4 is 11.5 Å². The van der Waals surface area contributed by atoms with Crippen LogP contribution in [0, 0.1) is 13.8 Å². The zero-order chi connectivity index (χ0) is 20.7. The summed E-state index contributed by atoms with van der Waals surface area (Å²) in [6.07, 6.45) is 1.74. The monoisotopic (exact) mass is 383 g/mol. The zero-order valence-corrected chi connectivity index (χ0v) is 16.2. The second kappa shape index (κ2) is 6.95. The molecule has 3 aromatic carbocycles. The number of nitrogens with zero attached hydrogens (tertiary/aromatic N) is 1. The number of aromatic nitrogens is 1. The number of nitrogen functional groups attached to an aromatic ring is 1. The van der Waals surface area contributed by atoms with Gasteiger partial charge in [-0.15, -0.1) is 0 Å². The van der Waals surface area contributed by atoms with Gasteiger partial charge in [-0.1, -0.05) is 24.3 Å². The Balaban J connectivity index is 2.09. The van der Waals surface area contributed by atoms with E-state index in [0.717, 1.165) is 33.2 Å². The number of carbonyl (C=O) groups excluding carboxylic acids is 1. The summed E-state index contributed by atoms with van der Waals surface area (Å²) in [5.74, 6) is -0.426. The van der Waals surface area contributed by atoms with Crippen LogP contribution in [-0.2, 0) is 0 Å². The molecule has 1 heterocycles. The summed E-state index contributed by atoms with van der Waals surface area (Å²) < 4.78 is 0. The van der Waals surface area contributed by atoms with Gasteiger partial charge in [0.25, 0.3) is 5.91 Å². The van der Waals surface area contributed by atoms with Crippen molar-refractivity contribution < 1.29 is 9.90 Å². The minimum absolute atomic E-state index is 0.172. The van der Waals surface area contributed by atoms with E-state index in [0.29, 0.717) is 16.8 Å². The van der Waals surface area contributed by atoms with Crippen LogP contribution in [0.2, 0.25) is 0 Å². The molecule has 5 N–H and O–H groups in total. The molecule has 0 radical (unpaired) electrons. The van der Waals surface area contributed by atoms with Crippen molar-refractivity contribution in [3.63, 3.8) is 0 Å². The lowest BCUT2D eigenvalue weighted by atomic mass is 9.88. The smallest absolute Gasteiger partial charge is 0.250 e. The molecule has 5 nitrogen and oxygen atoms in total.